The van der Waals surface area contributed by atoms with Gasteiger partial charge in [-0.3, -0.25) is 19.9 Å². The van der Waals surface area contributed by atoms with Crippen molar-refractivity contribution in [2.45, 2.75) is 13.0 Å². The molecule has 0 spiro atoms. The van der Waals surface area contributed by atoms with Crippen LogP contribution in [0.15, 0.2) is 42.6 Å². The van der Waals surface area contributed by atoms with Crippen molar-refractivity contribution in [2.24, 2.45) is 0 Å². The fraction of sp³-hybridized carbons (Fsp3) is 0.133. The molecule has 1 atom stereocenters. The van der Waals surface area contributed by atoms with Crippen molar-refractivity contribution in [3.63, 3.8) is 0 Å². The third kappa shape index (κ3) is 3.00. The van der Waals surface area contributed by atoms with Gasteiger partial charge in [0.1, 0.15) is 11.5 Å². The Labute approximate surface area is 130 Å². The number of nitrogens with zero attached hydrogens (tertiary/aromatic N) is 3. The van der Waals surface area contributed by atoms with Crippen molar-refractivity contribution in [2.75, 3.05) is 0 Å². The van der Waals surface area contributed by atoms with E-state index in [1.54, 1.807) is 37.4 Å². The van der Waals surface area contributed by atoms with Gasteiger partial charge in [0.15, 0.2) is 0 Å². The number of imidazole rings is 1. The average molecular weight is 311 g/mol. The molecule has 0 bridgehead atoms. The molecule has 23 heavy (non-hydrogen) atoms. The van der Waals surface area contributed by atoms with Gasteiger partial charge in [-0.15, -0.1) is 0 Å². The Morgan fingerprint density at radius 2 is 2.17 bits per heavy atom. The van der Waals surface area contributed by atoms with Crippen LogP contribution in [0.5, 0.6) is 0 Å². The number of amides is 1. The molecule has 1 aromatic carbocycles. The molecular formula is C15H13N5O3. The summed E-state index contributed by atoms with van der Waals surface area (Å²) in [6.07, 6.45) is 1.54. The van der Waals surface area contributed by atoms with E-state index in [-0.39, 0.29) is 11.6 Å². The summed E-state index contributed by atoms with van der Waals surface area (Å²) < 4.78 is 0. The summed E-state index contributed by atoms with van der Waals surface area (Å²) in [5, 5.41) is 13.6. The maximum Gasteiger partial charge on any atom is 0.271 e. The molecule has 0 aliphatic rings. The van der Waals surface area contributed by atoms with Gasteiger partial charge < -0.3 is 10.3 Å². The van der Waals surface area contributed by atoms with E-state index in [4.69, 9.17) is 0 Å². The predicted octanol–water partition coefficient (Wildman–Crippen LogP) is 2.36. The fourth-order valence-electron chi connectivity index (χ4n) is 2.17. The molecule has 2 heterocycles. The second-order valence-corrected chi connectivity index (χ2v) is 4.99. The maximum absolute atomic E-state index is 12.1. The number of benzene rings is 1. The molecule has 0 saturated heterocycles. The van der Waals surface area contributed by atoms with Gasteiger partial charge >= 0.3 is 0 Å². The minimum Gasteiger partial charge on any atom is -0.341 e. The Hall–Kier alpha value is -3.29. The second-order valence-electron chi connectivity index (χ2n) is 4.99. The molecule has 1 amide bonds. The van der Waals surface area contributed by atoms with Crippen molar-refractivity contribution in [3.8, 4) is 0 Å². The van der Waals surface area contributed by atoms with Gasteiger partial charge in [0.2, 0.25) is 0 Å². The third-order valence-corrected chi connectivity index (χ3v) is 3.35. The van der Waals surface area contributed by atoms with Crippen molar-refractivity contribution in [1.29, 1.82) is 0 Å². The number of rotatable bonds is 4. The number of hydrogen-bond donors (Lipinski definition) is 2. The zero-order valence-corrected chi connectivity index (χ0v) is 12.2. The monoisotopic (exact) mass is 311 g/mol. The van der Waals surface area contributed by atoms with Crippen LogP contribution < -0.4 is 5.32 Å². The highest BCUT2D eigenvalue weighted by molar-refractivity contribution is 5.92. The summed E-state index contributed by atoms with van der Waals surface area (Å²) in [4.78, 5) is 33.7. The molecule has 3 aromatic rings. The Balaban J connectivity index is 1.82. The number of non-ortho nitro benzene ring substituents is 1. The molecule has 0 radical (unpaired) electrons. The highest BCUT2D eigenvalue weighted by Gasteiger charge is 2.16. The molecule has 0 saturated carbocycles. The number of pyridine rings is 1. The van der Waals surface area contributed by atoms with Crippen molar-refractivity contribution in [1.82, 2.24) is 20.3 Å². The zero-order chi connectivity index (χ0) is 16.4. The minimum absolute atomic E-state index is 0.0159. The summed E-state index contributed by atoms with van der Waals surface area (Å²) in [5.41, 5.74) is 1.45. The Morgan fingerprint density at radius 3 is 2.87 bits per heavy atom. The number of fused-ring (bicyclic) bond motifs is 1. The van der Waals surface area contributed by atoms with Crippen LogP contribution in [0.4, 0.5) is 5.69 Å². The summed E-state index contributed by atoms with van der Waals surface area (Å²) in [6.45, 7) is 1.77. The number of aromatic amines is 1. The lowest BCUT2D eigenvalue weighted by Gasteiger charge is -2.10. The first-order chi connectivity index (χ1) is 11.0. The van der Waals surface area contributed by atoms with Crippen molar-refractivity contribution in [3.05, 3.63) is 64.2 Å². The summed E-state index contributed by atoms with van der Waals surface area (Å²) in [5.74, 6) is 0.203. The van der Waals surface area contributed by atoms with Gasteiger partial charge in [-0.2, -0.15) is 0 Å². The predicted molar refractivity (Wildman–Crippen MR) is 82.9 cm³/mol. The third-order valence-electron chi connectivity index (χ3n) is 3.35. The van der Waals surface area contributed by atoms with E-state index in [2.05, 4.69) is 20.3 Å². The molecule has 8 heteroatoms. The van der Waals surface area contributed by atoms with E-state index < -0.39 is 11.0 Å². The van der Waals surface area contributed by atoms with Crippen LogP contribution >= 0.6 is 0 Å². The van der Waals surface area contributed by atoms with E-state index in [0.29, 0.717) is 22.6 Å². The second kappa shape index (κ2) is 5.84. The fourth-order valence-corrected chi connectivity index (χ4v) is 2.17. The number of H-pyrrole nitrogens is 1. The van der Waals surface area contributed by atoms with Crippen molar-refractivity contribution < 1.29 is 9.72 Å². The first-order valence-electron chi connectivity index (χ1n) is 6.90. The number of nitro groups is 1. The van der Waals surface area contributed by atoms with Crippen LogP contribution in [-0.2, 0) is 0 Å². The van der Waals surface area contributed by atoms with Gasteiger partial charge in [-0.1, -0.05) is 6.07 Å². The first-order valence-corrected chi connectivity index (χ1v) is 6.90. The highest BCUT2D eigenvalue weighted by atomic mass is 16.6. The molecule has 1 unspecified atom stereocenters. The molecule has 2 N–H and O–H groups in total. The van der Waals surface area contributed by atoms with E-state index in [1.807, 2.05) is 0 Å². The van der Waals surface area contributed by atoms with Crippen LogP contribution in [0.3, 0.4) is 0 Å². The molecule has 0 fully saturated rings. The van der Waals surface area contributed by atoms with Gasteiger partial charge in [0.25, 0.3) is 11.6 Å². The van der Waals surface area contributed by atoms with Gasteiger partial charge in [-0.25, -0.2) is 4.98 Å². The number of nitrogens with one attached hydrogen (secondary N) is 2. The number of nitro benzene ring substituents is 1. The minimum atomic E-state index is -0.466. The van der Waals surface area contributed by atoms with Crippen LogP contribution in [0.25, 0.3) is 11.0 Å². The molecular weight excluding hydrogens is 298 g/mol. The lowest BCUT2D eigenvalue weighted by atomic mass is 10.3. The normalized spacial score (nSPS) is 12.0. The van der Waals surface area contributed by atoms with E-state index >= 15 is 0 Å². The van der Waals surface area contributed by atoms with Gasteiger partial charge in [-0.05, 0) is 25.1 Å². The van der Waals surface area contributed by atoms with Gasteiger partial charge in [0.05, 0.1) is 22.0 Å². The molecule has 8 nitrogen and oxygen atoms in total. The quantitative estimate of drug-likeness (QED) is 0.567. The zero-order valence-electron chi connectivity index (χ0n) is 12.2. The Kier molecular flexibility index (Phi) is 3.71. The van der Waals surface area contributed by atoms with Crippen LogP contribution in [0, 0.1) is 10.1 Å². The first kappa shape index (κ1) is 14.6. The topological polar surface area (TPSA) is 114 Å². The van der Waals surface area contributed by atoms with Crippen LogP contribution in [0.1, 0.15) is 29.3 Å². The average Bonchev–Trinajstić information content (AvgIpc) is 2.98. The molecule has 3 rings (SSSR count). The van der Waals surface area contributed by atoms with Crippen LogP contribution in [0.2, 0.25) is 0 Å². The SMILES string of the molecule is CC(NC(=O)c1ccccn1)c1nc2ccc([N+](=O)[O-])cc2[nH]1. The van der Waals surface area contributed by atoms with E-state index in [1.165, 1.54) is 12.1 Å². The van der Waals surface area contributed by atoms with Gasteiger partial charge in [0, 0.05) is 18.3 Å². The number of carbonyl (C=O) groups excluding carboxylic acids is 1. The van der Waals surface area contributed by atoms with E-state index in [9.17, 15) is 14.9 Å². The highest BCUT2D eigenvalue weighted by Crippen LogP contribution is 2.21. The van der Waals surface area contributed by atoms with Crippen molar-refractivity contribution >= 4 is 22.6 Å². The number of hydrogen-bond acceptors (Lipinski definition) is 5. The Bertz CT molecular complexity index is 875. The number of carbonyl (C=O) groups is 1. The molecule has 0 aliphatic heterocycles. The largest absolute Gasteiger partial charge is 0.341 e. The smallest absolute Gasteiger partial charge is 0.271 e. The summed E-state index contributed by atoms with van der Waals surface area (Å²) in [7, 11) is 0. The summed E-state index contributed by atoms with van der Waals surface area (Å²) in [6, 6.07) is 9.06. The Morgan fingerprint density at radius 1 is 1.35 bits per heavy atom. The van der Waals surface area contributed by atoms with Crippen LogP contribution in [-0.4, -0.2) is 25.8 Å². The molecule has 116 valence electrons. The molecule has 0 aliphatic carbocycles. The molecule has 2 aromatic heterocycles. The standard InChI is InChI=1S/C15H13N5O3/c1-9(17-15(21)12-4-2-3-7-16-12)14-18-11-6-5-10(20(22)23)8-13(11)19-14/h2-9H,1H3,(H,17,21)(H,18,19). The summed E-state index contributed by atoms with van der Waals surface area (Å²) >= 11 is 0. The van der Waals surface area contributed by atoms with E-state index in [0.717, 1.165) is 0 Å². The maximum atomic E-state index is 12.1. The number of aromatic nitrogens is 3. The lowest BCUT2D eigenvalue weighted by molar-refractivity contribution is -0.384. The lowest BCUT2D eigenvalue weighted by Crippen LogP contribution is -2.28.